The van der Waals surface area contributed by atoms with E-state index in [9.17, 15) is 18.0 Å². The monoisotopic (exact) mass is 449 g/mol. The third kappa shape index (κ3) is 5.08. The number of sulfonamides is 1. The van der Waals surface area contributed by atoms with Gasteiger partial charge in [-0.2, -0.15) is 4.31 Å². The molecule has 3 rings (SSSR count). The van der Waals surface area contributed by atoms with Gasteiger partial charge in [-0.05, 0) is 42.7 Å². The zero-order valence-electron chi connectivity index (χ0n) is 17.8. The highest BCUT2D eigenvalue weighted by molar-refractivity contribution is 7.89. The molecule has 1 fully saturated rings. The summed E-state index contributed by atoms with van der Waals surface area (Å²) in [7, 11) is -3.92. The van der Waals surface area contributed by atoms with Crippen LogP contribution in [-0.2, 0) is 14.8 Å². The molecule has 2 heterocycles. The maximum absolute atomic E-state index is 12.8. The van der Waals surface area contributed by atoms with Gasteiger partial charge in [0.1, 0.15) is 5.75 Å². The van der Waals surface area contributed by atoms with Crippen LogP contribution in [0.5, 0.6) is 5.75 Å². The first-order chi connectivity index (χ1) is 14.6. The van der Waals surface area contributed by atoms with Crippen LogP contribution < -0.4 is 10.5 Å². The van der Waals surface area contributed by atoms with Gasteiger partial charge in [0.2, 0.25) is 5.09 Å². The van der Waals surface area contributed by atoms with Crippen LogP contribution in [0.15, 0.2) is 45.9 Å². The van der Waals surface area contributed by atoms with Gasteiger partial charge in [-0.25, -0.2) is 8.42 Å². The Kier molecular flexibility index (Phi) is 6.71. The molecule has 168 valence electrons. The van der Waals surface area contributed by atoms with Crippen molar-refractivity contribution in [2.75, 3.05) is 26.2 Å². The molecular weight excluding hydrogens is 422 g/mol. The maximum atomic E-state index is 12.8. The average molecular weight is 450 g/mol. The molecule has 9 nitrogen and oxygen atoms in total. The minimum absolute atomic E-state index is 0.107. The van der Waals surface area contributed by atoms with E-state index >= 15 is 0 Å². The molecule has 1 saturated heterocycles. The highest BCUT2D eigenvalue weighted by Gasteiger charge is 2.34. The first-order valence-electron chi connectivity index (χ1n) is 10.0. The SMILES string of the molecule is CC(C)c1cccc(O[C@@H](C)C(=O)N2CCN(S(=O)(=O)c3ccc(C(N)=O)o3)CC2)c1. The van der Waals surface area contributed by atoms with Gasteiger partial charge < -0.3 is 19.8 Å². The van der Waals surface area contributed by atoms with Gasteiger partial charge in [-0.3, -0.25) is 9.59 Å². The number of benzene rings is 1. The van der Waals surface area contributed by atoms with E-state index in [0.717, 1.165) is 5.56 Å². The molecule has 2 N–H and O–H groups in total. The molecule has 1 aromatic heterocycles. The lowest BCUT2D eigenvalue weighted by molar-refractivity contribution is -0.139. The van der Waals surface area contributed by atoms with Crippen molar-refractivity contribution in [3.63, 3.8) is 0 Å². The summed E-state index contributed by atoms with van der Waals surface area (Å²) in [6.45, 7) is 6.51. The Morgan fingerprint density at radius 3 is 2.32 bits per heavy atom. The van der Waals surface area contributed by atoms with E-state index in [4.69, 9.17) is 14.9 Å². The summed E-state index contributed by atoms with van der Waals surface area (Å²) < 4.78 is 37.5. The standard InChI is InChI=1S/C21H27N3O6S/c1-14(2)16-5-4-6-17(13-16)29-15(3)21(26)23-9-11-24(12-10-23)31(27,28)19-8-7-18(30-19)20(22)25/h4-8,13-15H,9-12H2,1-3H3,(H2,22,25)/t15-/m0/s1. The van der Waals surface area contributed by atoms with Gasteiger partial charge in [0.15, 0.2) is 11.9 Å². The van der Waals surface area contributed by atoms with Gasteiger partial charge in [-0.15, -0.1) is 0 Å². The number of hydrogen-bond acceptors (Lipinski definition) is 6. The Labute approximate surface area is 181 Å². The van der Waals surface area contributed by atoms with Crippen molar-refractivity contribution in [3.8, 4) is 5.75 Å². The number of carbonyl (C=O) groups excluding carboxylic acids is 2. The number of piperazine rings is 1. The fourth-order valence-corrected chi connectivity index (χ4v) is 4.66. The molecular formula is C21H27N3O6S. The van der Waals surface area contributed by atoms with Gasteiger partial charge >= 0.3 is 0 Å². The van der Waals surface area contributed by atoms with Crippen molar-refractivity contribution < 1.29 is 27.2 Å². The summed E-state index contributed by atoms with van der Waals surface area (Å²) in [5.74, 6) is -0.306. The lowest BCUT2D eigenvalue weighted by Gasteiger charge is -2.34. The third-order valence-electron chi connectivity index (χ3n) is 5.15. The lowest BCUT2D eigenvalue weighted by Crippen LogP contribution is -2.53. The molecule has 1 aliphatic rings. The Morgan fingerprint density at radius 1 is 1.06 bits per heavy atom. The van der Waals surface area contributed by atoms with Crippen LogP contribution in [0.25, 0.3) is 0 Å². The molecule has 1 aliphatic heterocycles. The second-order valence-corrected chi connectivity index (χ2v) is 9.57. The number of nitrogens with two attached hydrogens (primary N) is 1. The van der Waals surface area contributed by atoms with Crippen LogP contribution in [-0.4, -0.2) is 61.7 Å². The summed E-state index contributed by atoms with van der Waals surface area (Å²) in [5.41, 5.74) is 6.23. The highest BCUT2D eigenvalue weighted by atomic mass is 32.2. The number of primary amides is 1. The van der Waals surface area contributed by atoms with Crippen LogP contribution in [0.4, 0.5) is 0 Å². The minimum Gasteiger partial charge on any atom is -0.481 e. The fraction of sp³-hybridized carbons (Fsp3) is 0.429. The second kappa shape index (κ2) is 9.11. The van der Waals surface area contributed by atoms with Gasteiger partial charge in [-0.1, -0.05) is 26.0 Å². The number of ether oxygens (including phenoxy) is 1. The van der Waals surface area contributed by atoms with E-state index in [0.29, 0.717) is 11.7 Å². The molecule has 31 heavy (non-hydrogen) atoms. The first kappa shape index (κ1) is 22.8. The molecule has 10 heteroatoms. The Hall–Kier alpha value is -2.85. The van der Waals surface area contributed by atoms with Crippen molar-refractivity contribution >= 4 is 21.8 Å². The fourth-order valence-electron chi connectivity index (χ4n) is 3.33. The van der Waals surface area contributed by atoms with Crippen molar-refractivity contribution in [2.45, 2.75) is 37.9 Å². The van der Waals surface area contributed by atoms with Gasteiger partial charge in [0.05, 0.1) is 0 Å². The Morgan fingerprint density at radius 2 is 1.74 bits per heavy atom. The summed E-state index contributed by atoms with van der Waals surface area (Å²) in [4.78, 5) is 25.5. The van der Waals surface area contributed by atoms with Crippen molar-refractivity contribution in [1.82, 2.24) is 9.21 Å². The summed E-state index contributed by atoms with van der Waals surface area (Å²) >= 11 is 0. The molecule has 1 atom stereocenters. The highest BCUT2D eigenvalue weighted by Crippen LogP contribution is 2.23. The molecule has 0 unspecified atom stereocenters. The van der Waals surface area contributed by atoms with Crippen LogP contribution in [0.3, 0.4) is 0 Å². The molecule has 0 spiro atoms. The average Bonchev–Trinajstić information content (AvgIpc) is 3.25. The van der Waals surface area contributed by atoms with E-state index in [2.05, 4.69) is 13.8 Å². The topological polar surface area (TPSA) is 123 Å². The first-order valence-corrected chi connectivity index (χ1v) is 11.5. The Bertz CT molecular complexity index is 1050. The molecule has 2 aromatic rings. The quantitative estimate of drug-likeness (QED) is 0.688. The maximum Gasteiger partial charge on any atom is 0.284 e. The van der Waals surface area contributed by atoms with Crippen molar-refractivity contribution in [2.24, 2.45) is 5.73 Å². The molecule has 0 saturated carbocycles. The smallest absolute Gasteiger partial charge is 0.284 e. The predicted molar refractivity (Wildman–Crippen MR) is 113 cm³/mol. The van der Waals surface area contributed by atoms with Crippen LogP contribution >= 0.6 is 0 Å². The van der Waals surface area contributed by atoms with Crippen molar-refractivity contribution in [1.29, 1.82) is 0 Å². The molecule has 2 amide bonds. The molecule has 0 bridgehead atoms. The van der Waals surface area contributed by atoms with Crippen LogP contribution in [0.2, 0.25) is 0 Å². The number of hydrogen-bond donors (Lipinski definition) is 1. The molecule has 1 aromatic carbocycles. The zero-order chi connectivity index (χ0) is 22.8. The summed E-state index contributed by atoms with van der Waals surface area (Å²) in [6.07, 6.45) is -0.700. The third-order valence-corrected chi connectivity index (χ3v) is 6.93. The van der Waals surface area contributed by atoms with E-state index in [1.165, 1.54) is 16.4 Å². The van der Waals surface area contributed by atoms with Gasteiger partial charge in [0.25, 0.3) is 21.8 Å². The number of amides is 2. The van der Waals surface area contributed by atoms with E-state index in [1.807, 2.05) is 24.3 Å². The van der Waals surface area contributed by atoms with Crippen LogP contribution in [0, 0.1) is 0 Å². The molecule has 0 radical (unpaired) electrons. The summed E-state index contributed by atoms with van der Waals surface area (Å²) in [5, 5.41) is -0.345. The zero-order valence-corrected chi connectivity index (χ0v) is 18.6. The minimum atomic E-state index is -3.92. The number of nitrogens with zero attached hydrogens (tertiary/aromatic N) is 2. The van der Waals surface area contributed by atoms with E-state index in [1.54, 1.807) is 11.8 Å². The Balaban J connectivity index is 1.60. The van der Waals surface area contributed by atoms with E-state index < -0.39 is 22.0 Å². The van der Waals surface area contributed by atoms with Gasteiger partial charge in [0, 0.05) is 26.2 Å². The molecule has 0 aliphatic carbocycles. The number of carbonyl (C=O) groups is 2. The number of furan rings is 1. The largest absolute Gasteiger partial charge is 0.481 e. The number of rotatable bonds is 7. The lowest BCUT2D eigenvalue weighted by atomic mass is 10.0. The predicted octanol–water partition coefficient (Wildman–Crippen LogP) is 1.80. The normalized spacial score (nSPS) is 16.3. The van der Waals surface area contributed by atoms with Crippen molar-refractivity contribution in [3.05, 3.63) is 47.7 Å². The second-order valence-electron chi connectivity index (χ2n) is 7.70. The summed E-state index contributed by atoms with van der Waals surface area (Å²) in [6, 6.07) is 10.1. The van der Waals surface area contributed by atoms with E-state index in [-0.39, 0.29) is 42.9 Å². The van der Waals surface area contributed by atoms with Crippen LogP contribution in [0.1, 0.15) is 42.8 Å².